The van der Waals surface area contributed by atoms with Crippen LogP contribution in [0.1, 0.15) is 49.0 Å². The third-order valence-electron chi connectivity index (χ3n) is 8.77. The van der Waals surface area contributed by atoms with Crippen LogP contribution in [0.5, 0.6) is 5.75 Å². The van der Waals surface area contributed by atoms with Gasteiger partial charge in [-0.1, -0.05) is 18.9 Å². The first-order chi connectivity index (χ1) is 17.8. The fourth-order valence-electron chi connectivity index (χ4n) is 6.84. The molecule has 1 aromatic carbocycles. The minimum Gasteiger partial charge on any atom is -0.496 e. The molecule has 2 bridgehead atoms. The largest absolute Gasteiger partial charge is 0.496 e. The molecule has 192 valence electrons. The van der Waals surface area contributed by atoms with Crippen molar-refractivity contribution < 1.29 is 23.9 Å². The molecule has 5 aliphatic rings. The van der Waals surface area contributed by atoms with Gasteiger partial charge in [0, 0.05) is 16.8 Å². The van der Waals surface area contributed by atoms with Gasteiger partial charge >= 0.3 is 0 Å². The van der Waals surface area contributed by atoms with Crippen molar-refractivity contribution in [2.45, 2.75) is 50.1 Å². The van der Waals surface area contributed by atoms with E-state index in [9.17, 15) is 24.4 Å². The summed E-state index contributed by atoms with van der Waals surface area (Å²) in [4.78, 5) is 54.9. The highest BCUT2D eigenvalue weighted by Gasteiger charge is 2.64. The van der Waals surface area contributed by atoms with E-state index in [1.807, 2.05) is 18.2 Å². The Kier molecular flexibility index (Phi) is 5.48. The summed E-state index contributed by atoms with van der Waals surface area (Å²) in [5.74, 6) is -2.10. The van der Waals surface area contributed by atoms with Gasteiger partial charge in [0.1, 0.15) is 23.0 Å². The van der Waals surface area contributed by atoms with Gasteiger partial charge in [-0.3, -0.25) is 24.5 Å². The van der Waals surface area contributed by atoms with Crippen LogP contribution in [0, 0.1) is 40.9 Å². The molecular formula is C27H29N5O5. The van der Waals surface area contributed by atoms with Gasteiger partial charge in [-0.15, -0.1) is 0 Å². The van der Waals surface area contributed by atoms with E-state index in [0.717, 1.165) is 30.2 Å². The van der Waals surface area contributed by atoms with E-state index in [-0.39, 0.29) is 17.7 Å². The van der Waals surface area contributed by atoms with Crippen LogP contribution >= 0.6 is 0 Å². The predicted molar refractivity (Wildman–Crippen MR) is 131 cm³/mol. The molecule has 4 saturated carbocycles. The Morgan fingerprint density at radius 3 is 2.70 bits per heavy atom. The lowest BCUT2D eigenvalue weighted by molar-refractivity contribution is -0.137. The number of H-pyrrole nitrogens is 1. The van der Waals surface area contributed by atoms with Crippen LogP contribution in [0.3, 0.4) is 0 Å². The zero-order chi connectivity index (χ0) is 25.9. The number of ether oxygens (including phenoxy) is 1. The highest BCUT2D eigenvalue weighted by Crippen LogP contribution is 2.55. The smallest absolute Gasteiger partial charge is 0.268 e. The topological polar surface area (TPSA) is 153 Å². The number of carbonyl (C=O) groups is 4. The standard InChI is InChI=1S/C27H29N5O5/c1-37-20-4-2-3-17-15(20)10-19(29-17)23(33)30-18(9-13-5-6-13)24(34)32-27(12-28)11-14-7-8-16(27)22-21(14)25(35)31-26(22)36/h2-4,10,13-14,16,18,21-22,29H,5-9,11H2,1H3,(H,30,33)(H,32,34)(H,31,35,36)/t14-,16?,18?,21+,22-,27?/m1/s1. The zero-order valence-electron chi connectivity index (χ0n) is 20.5. The molecule has 7 rings (SSSR count). The van der Waals surface area contributed by atoms with Crippen LogP contribution in [0.15, 0.2) is 24.3 Å². The fraction of sp³-hybridized carbons (Fsp3) is 0.519. The number of hydrogen-bond acceptors (Lipinski definition) is 6. The molecule has 1 aromatic heterocycles. The van der Waals surface area contributed by atoms with E-state index < -0.39 is 41.1 Å². The normalized spacial score (nSPS) is 30.8. The predicted octanol–water partition coefficient (Wildman–Crippen LogP) is 1.77. The van der Waals surface area contributed by atoms with Crippen LogP contribution in [-0.2, 0) is 14.4 Å². The summed E-state index contributed by atoms with van der Waals surface area (Å²) < 4.78 is 5.38. The number of methoxy groups -OCH3 is 1. The Labute approximate surface area is 213 Å². The van der Waals surface area contributed by atoms with Crippen LogP contribution in [0.25, 0.3) is 10.9 Å². The lowest BCUT2D eigenvalue weighted by Crippen LogP contribution is -2.66. The number of hydrogen-bond donors (Lipinski definition) is 4. The molecule has 0 radical (unpaired) electrons. The first-order valence-corrected chi connectivity index (χ1v) is 12.9. The van der Waals surface area contributed by atoms with E-state index >= 15 is 0 Å². The van der Waals surface area contributed by atoms with Gasteiger partial charge in [0.05, 0.1) is 25.0 Å². The van der Waals surface area contributed by atoms with Gasteiger partial charge in [0.25, 0.3) is 5.91 Å². The quantitative estimate of drug-likeness (QED) is 0.423. The van der Waals surface area contributed by atoms with Crippen molar-refractivity contribution in [3.8, 4) is 11.8 Å². The lowest BCUT2D eigenvalue weighted by Gasteiger charge is -2.52. The highest BCUT2D eigenvalue weighted by atomic mass is 16.5. The lowest BCUT2D eigenvalue weighted by atomic mass is 9.52. The number of nitrogens with zero attached hydrogens (tertiary/aromatic N) is 1. The Balaban J connectivity index is 1.23. The third-order valence-corrected chi connectivity index (χ3v) is 8.77. The molecule has 1 aliphatic heterocycles. The van der Waals surface area contributed by atoms with Crippen molar-refractivity contribution in [2.24, 2.45) is 29.6 Å². The van der Waals surface area contributed by atoms with Crippen molar-refractivity contribution in [2.75, 3.05) is 7.11 Å². The number of fused-ring (bicyclic) bond motifs is 3. The summed E-state index contributed by atoms with van der Waals surface area (Å²) in [6.07, 6.45) is 4.12. The molecule has 2 aromatic rings. The van der Waals surface area contributed by atoms with Crippen molar-refractivity contribution >= 4 is 34.5 Å². The minimum atomic E-state index is -1.25. The molecule has 10 nitrogen and oxygen atoms in total. The summed E-state index contributed by atoms with van der Waals surface area (Å²) >= 11 is 0. The molecule has 6 atom stereocenters. The van der Waals surface area contributed by atoms with E-state index in [1.54, 1.807) is 13.2 Å². The third kappa shape index (κ3) is 3.84. The molecule has 4 aliphatic carbocycles. The van der Waals surface area contributed by atoms with Gasteiger partial charge < -0.3 is 20.4 Å². The SMILES string of the molecule is COc1cccc2[nH]c(C(=O)NC(CC3CC3)C(=O)NC3(C#N)C[C@H]4CCC3[C@H]3C(=O)NC(=O)[C@@H]43)cc12. The molecule has 1 saturated heterocycles. The van der Waals surface area contributed by atoms with Gasteiger partial charge in [0.15, 0.2) is 0 Å². The number of carbonyl (C=O) groups excluding carboxylic acids is 4. The molecule has 5 fully saturated rings. The first-order valence-electron chi connectivity index (χ1n) is 12.9. The Bertz CT molecular complexity index is 1360. The Morgan fingerprint density at radius 2 is 1.97 bits per heavy atom. The summed E-state index contributed by atoms with van der Waals surface area (Å²) in [6, 6.07) is 8.66. The Morgan fingerprint density at radius 1 is 1.19 bits per heavy atom. The van der Waals surface area contributed by atoms with E-state index in [2.05, 4.69) is 27.0 Å². The fourth-order valence-corrected chi connectivity index (χ4v) is 6.84. The second-order valence-electron chi connectivity index (χ2n) is 10.9. The van der Waals surface area contributed by atoms with Gasteiger partial charge in [-0.2, -0.15) is 5.26 Å². The molecular weight excluding hydrogens is 474 g/mol. The number of imide groups is 1. The highest BCUT2D eigenvalue weighted by molar-refractivity contribution is 6.06. The molecule has 10 heteroatoms. The minimum absolute atomic E-state index is 0.140. The number of benzene rings is 1. The summed E-state index contributed by atoms with van der Waals surface area (Å²) in [7, 11) is 1.56. The number of nitrogens with one attached hydrogen (secondary N) is 4. The maximum absolute atomic E-state index is 13.6. The van der Waals surface area contributed by atoms with Gasteiger partial charge in [-0.05, 0) is 55.7 Å². The van der Waals surface area contributed by atoms with Crippen molar-refractivity contribution in [3.63, 3.8) is 0 Å². The molecule has 2 heterocycles. The molecule has 3 unspecified atom stereocenters. The van der Waals surface area contributed by atoms with Gasteiger partial charge in [-0.25, -0.2) is 0 Å². The number of amides is 4. The Hall–Kier alpha value is -3.87. The first kappa shape index (κ1) is 23.5. The summed E-state index contributed by atoms with van der Waals surface area (Å²) in [5, 5.41) is 19.3. The van der Waals surface area contributed by atoms with Crippen LogP contribution in [0.4, 0.5) is 0 Å². The maximum Gasteiger partial charge on any atom is 0.268 e. The number of nitriles is 1. The average molecular weight is 504 g/mol. The second kappa shape index (κ2) is 8.61. The number of aromatic nitrogens is 1. The van der Waals surface area contributed by atoms with Gasteiger partial charge in [0.2, 0.25) is 17.7 Å². The molecule has 37 heavy (non-hydrogen) atoms. The van der Waals surface area contributed by atoms with Crippen LogP contribution in [0.2, 0.25) is 0 Å². The summed E-state index contributed by atoms with van der Waals surface area (Å²) in [6.45, 7) is 0. The van der Waals surface area contributed by atoms with E-state index in [1.165, 1.54) is 0 Å². The summed E-state index contributed by atoms with van der Waals surface area (Å²) in [5.41, 5.74) is -0.193. The average Bonchev–Trinajstić information content (AvgIpc) is 3.51. The maximum atomic E-state index is 13.6. The van der Waals surface area contributed by atoms with Crippen LogP contribution < -0.4 is 20.7 Å². The number of aromatic amines is 1. The second-order valence-corrected chi connectivity index (χ2v) is 10.9. The van der Waals surface area contributed by atoms with E-state index in [0.29, 0.717) is 36.6 Å². The number of rotatable bonds is 7. The molecule has 0 spiro atoms. The van der Waals surface area contributed by atoms with E-state index in [4.69, 9.17) is 4.74 Å². The molecule has 4 N–H and O–H groups in total. The zero-order valence-corrected chi connectivity index (χ0v) is 20.5. The monoisotopic (exact) mass is 503 g/mol. The van der Waals surface area contributed by atoms with Crippen molar-refractivity contribution in [1.29, 1.82) is 5.26 Å². The molecule has 4 amide bonds. The van der Waals surface area contributed by atoms with Crippen molar-refractivity contribution in [1.82, 2.24) is 20.9 Å². The van der Waals surface area contributed by atoms with Crippen LogP contribution in [-0.4, -0.2) is 47.3 Å². The van der Waals surface area contributed by atoms with Crippen molar-refractivity contribution in [3.05, 3.63) is 30.0 Å².